The largest absolute Gasteiger partial charge is 0.299 e. The number of nitrogens with zero attached hydrogens (tertiary/aromatic N) is 1. The van der Waals surface area contributed by atoms with Gasteiger partial charge in [-0.3, -0.25) is 4.90 Å². The van der Waals surface area contributed by atoms with Crippen molar-refractivity contribution in [1.82, 2.24) is 4.90 Å². The molecule has 2 aromatic rings. The summed E-state index contributed by atoms with van der Waals surface area (Å²) < 4.78 is 0. The van der Waals surface area contributed by atoms with E-state index in [0.717, 1.165) is 18.5 Å². The molecule has 0 N–H and O–H groups in total. The van der Waals surface area contributed by atoms with Crippen LogP contribution in [-0.4, -0.2) is 24.0 Å². The van der Waals surface area contributed by atoms with Crippen molar-refractivity contribution in [2.75, 3.05) is 13.1 Å². The minimum Gasteiger partial charge on any atom is -0.299 e. The molecule has 1 unspecified atom stereocenters. The summed E-state index contributed by atoms with van der Waals surface area (Å²) >= 11 is 0. The fourth-order valence-corrected chi connectivity index (χ4v) is 4.12. The van der Waals surface area contributed by atoms with Crippen LogP contribution < -0.4 is 0 Å². The van der Waals surface area contributed by atoms with Crippen LogP contribution in [0.25, 0.3) is 0 Å². The lowest BCUT2D eigenvalue weighted by Gasteiger charge is -2.39. The van der Waals surface area contributed by atoms with Gasteiger partial charge in [-0.25, -0.2) is 0 Å². The van der Waals surface area contributed by atoms with Crippen LogP contribution in [-0.2, 0) is 0 Å². The molecule has 2 aromatic carbocycles. The predicted octanol–water partition coefficient (Wildman–Crippen LogP) is 5.72. The molecule has 0 aromatic heterocycles. The van der Waals surface area contributed by atoms with Crippen LogP contribution in [0.3, 0.4) is 0 Å². The zero-order valence-electron chi connectivity index (χ0n) is 15.2. The van der Waals surface area contributed by atoms with Gasteiger partial charge >= 0.3 is 0 Å². The minimum absolute atomic E-state index is 0.472. The Morgan fingerprint density at radius 1 is 0.875 bits per heavy atom. The Balaban J connectivity index is 1.83. The zero-order valence-corrected chi connectivity index (χ0v) is 15.2. The van der Waals surface area contributed by atoms with Crippen LogP contribution in [0.15, 0.2) is 60.7 Å². The van der Waals surface area contributed by atoms with Crippen molar-refractivity contribution in [3.63, 3.8) is 0 Å². The summed E-state index contributed by atoms with van der Waals surface area (Å²) in [5, 5.41) is 0. The van der Waals surface area contributed by atoms with E-state index in [4.69, 9.17) is 0 Å². The maximum absolute atomic E-state index is 2.77. The highest BCUT2D eigenvalue weighted by Gasteiger charge is 2.26. The minimum atomic E-state index is 0.472. The van der Waals surface area contributed by atoms with Gasteiger partial charge < -0.3 is 0 Å². The topological polar surface area (TPSA) is 3.24 Å². The van der Waals surface area contributed by atoms with Crippen LogP contribution in [0.5, 0.6) is 0 Å². The second-order valence-electron chi connectivity index (χ2n) is 7.65. The first-order valence-electron chi connectivity index (χ1n) is 9.58. The van der Waals surface area contributed by atoms with Crippen LogP contribution in [0.1, 0.15) is 56.6 Å². The van der Waals surface area contributed by atoms with Crippen molar-refractivity contribution >= 4 is 0 Å². The summed E-state index contributed by atoms with van der Waals surface area (Å²) in [5.41, 5.74) is 2.88. The van der Waals surface area contributed by atoms with E-state index < -0.39 is 0 Å². The van der Waals surface area contributed by atoms with Gasteiger partial charge in [0.1, 0.15) is 0 Å². The van der Waals surface area contributed by atoms with Gasteiger partial charge in [-0.15, -0.1) is 0 Å². The number of benzene rings is 2. The molecule has 1 aliphatic rings. The molecule has 3 rings (SSSR count). The Bertz CT molecular complexity index is 550. The molecule has 1 atom stereocenters. The van der Waals surface area contributed by atoms with Crippen molar-refractivity contribution in [2.45, 2.75) is 51.5 Å². The van der Waals surface area contributed by atoms with Gasteiger partial charge in [-0.2, -0.15) is 0 Å². The molecule has 1 nitrogen and oxygen atoms in total. The summed E-state index contributed by atoms with van der Waals surface area (Å²) in [6.45, 7) is 7.12. The second-order valence-corrected chi connectivity index (χ2v) is 7.65. The number of hydrogen-bond acceptors (Lipinski definition) is 1. The molecule has 0 spiro atoms. The quantitative estimate of drug-likeness (QED) is 0.658. The van der Waals surface area contributed by atoms with Gasteiger partial charge in [0, 0.05) is 18.5 Å². The number of likely N-dealkylation sites (tertiary alicyclic amines) is 1. The molecule has 1 saturated heterocycles. The van der Waals surface area contributed by atoms with Gasteiger partial charge in [0.15, 0.2) is 0 Å². The third-order valence-corrected chi connectivity index (χ3v) is 5.31. The van der Waals surface area contributed by atoms with Crippen LogP contribution in [0, 0.1) is 5.92 Å². The van der Waals surface area contributed by atoms with E-state index in [0.29, 0.717) is 5.92 Å². The molecule has 1 fully saturated rings. The van der Waals surface area contributed by atoms with Crippen molar-refractivity contribution in [3.05, 3.63) is 71.8 Å². The summed E-state index contributed by atoms with van der Waals surface area (Å²) in [7, 11) is 0. The van der Waals surface area contributed by atoms with E-state index in [1.807, 2.05) is 0 Å². The molecule has 1 heterocycles. The summed E-state index contributed by atoms with van der Waals surface area (Å²) in [6, 6.07) is 22.9. The lowest BCUT2D eigenvalue weighted by atomic mass is 9.88. The van der Waals surface area contributed by atoms with Gasteiger partial charge in [-0.1, -0.05) is 80.9 Å². The van der Waals surface area contributed by atoms with E-state index in [1.165, 1.54) is 43.4 Å². The van der Waals surface area contributed by atoms with E-state index in [2.05, 4.69) is 79.4 Å². The summed E-state index contributed by atoms with van der Waals surface area (Å²) in [6.07, 6.45) is 5.45. The molecule has 0 amide bonds. The van der Waals surface area contributed by atoms with E-state index >= 15 is 0 Å². The highest BCUT2D eigenvalue weighted by molar-refractivity contribution is 5.32. The standard InChI is InChI=1S/C23H31N/c1-19(2)17-22-15-9-10-16-24(22)18-23(20-11-5-3-6-12-20)21-13-7-4-8-14-21/h3-8,11-14,19,22-23H,9-10,15-18H2,1-2H3. The Morgan fingerprint density at radius 2 is 1.46 bits per heavy atom. The molecule has 0 radical (unpaired) electrons. The first-order valence-corrected chi connectivity index (χ1v) is 9.58. The lowest BCUT2D eigenvalue weighted by molar-refractivity contribution is 0.125. The van der Waals surface area contributed by atoms with Gasteiger partial charge in [-0.05, 0) is 42.9 Å². The van der Waals surface area contributed by atoms with Crippen molar-refractivity contribution in [2.24, 2.45) is 5.92 Å². The average Bonchev–Trinajstić information content (AvgIpc) is 2.62. The second kappa shape index (κ2) is 8.48. The van der Waals surface area contributed by atoms with E-state index in [1.54, 1.807) is 0 Å². The molecule has 1 heteroatoms. The maximum Gasteiger partial charge on any atom is 0.0217 e. The first-order chi connectivity index (χ1) is 11.7. The summed E-state index contributed by atoms with van der Waals surface area (Å²) in [4.78, 5) is 2.77. The maximum atomic E-state index is 2.77. The first kappa shape index (κ1) is 17.2. The molecule has 128 valence electrons. The number of piperidine rings is 1. The molecule has 0 bridgehead atoms. The third kappa shape index (κ3) is 4.48. The highest BCUT2D eigenvalue weighted by Crippen LogP contribution is 2.30. The molecular weight excluding hydrogens is 290 g/mol. The SMILES string of the molecule is CC(C)CC1CCCCN1CC(c1ccccc1)c1ccccc1. The van der Waals surface area contributed by atoms with E-state index in [9.17, 15) is 0 Å². The molecule has 24 heavy (non-hydrogen) atoms. The van der Waals surface area contributed by atoms with Crippen LogP contribution in [0.4, 0.5) is 0 Å². The summed E-state index contributed by atoms with van der Waals surface area (Å²) in [5.74, 6) is 1.25. The van der Waals surface area contributed by atoms with Crippen molar-refractivity contribution < 1.29 is 0 Å². The normalized spacial score (nSPS) is 19.1. The van der Waals surface area contributed by atoms with Crippen molar-refractivity contribution in [1.29, 1.82) is 0 Å². The smallest absolute Gasteiger partial charge is 0.0217 e. The van der Waals surface area contributed by atoms with Gasteiger partial charge in [0.05, 0.1) is 0 Å². The molecule has 1 aliphatic heterocycles. The Morgan fingerprint density at radius 3 is 2.00 bits per heavy atom. The third-order valence-electron chi connectivity index (χ3n) is 5.31. The number of rotatable bonds is 6. The fourth-order valence-electron chi connectivity index (χ4n) is 4.12. The van der Waals surface area contributed by atoms with Crippen LogP contribution >= 0.6 is 0 Å². The average molecular weight is 322 g/mol. The van der Waals surface area contributed by atoms with Gasteiger partial charge in [0.2, 0.25) is 0 Å². The molecule has 0 aliphatic carbocycles. The Kier molecular flexibility index (Phi) is 6.09. The molecular formula is C23H31N. The number of hydrogen-bond donors (Lipinski definition) is 0. The van der Waals surface area contributed by atoms with Gasteiger partial charge in [0.25, 0.3) is 0 Å². The Hall–Kier alpha value is -1.60. The highest BCUT2D eigenvalue weighted by atomic mass is 15.2. The monoisotopic (exact) mass is 321 g/mol. The van der Waals surface area contributed by atoms with Crippen molar-refractivity contribution in [3.8, 4) is 0 Å². The lowest BCUT2D eigenvalue weighted by Crippen LogP contribution is -2.42. The fraction of sp³-hybridized carbons (Fsp3) is 0.478. The Labute approximate surface area is 147 Å². The predicted molar refractivity (Wildman–Crippen MR) is 103 cm³/mol. The van der Waals surface area contributed by atoms with E-state index in [-0.39, 0.29) is 0 Å². The van der Waals surface area contributed by atoms with Crippen LogP contribution in [0.2, 0.25) is 0 Å². The zero-order chi connectivity index (χ0) is 16.8. The molecule has 0 saturated carbocycles.